The second-order valence-electron chi connectivity index (χ2n) is 6.88. The number of esters is 1. The van der Waals surface area contributed by atoms with Crippen LogP contribution in [0.25, 0.3) is 0 Å². The van der Waals surface area contributed by atoms with Crippen molar-refractivity contribution < 1.29 is 9.53 Å². The fraction of sp³-hybridized carbons (Fsp3) is 0.350. The fourth-order valence-corrected chi connectivity index (χ4v) is 3.25. The number of nitrogens with zero attached hydrogens (tertiary/aromatic N) is 1. The Balaban J connectivity index is 1.88. The number of carbonyl (C=O) groups is 1. The molecule has 1 heterocycles. The smallest absolute Gasteiger partial charge is 0.324 e. The van der Waals surface area contributed by atoms with Gasteiger partial charge in [-0.15, -0.1) is 0 Å². The number of ether oxygens (including phenoxy) is 1. The third-order valence-corrected chi connectivity index (χ3v) is 4.37. The van der Waals surface area contributed by atoms with Gasteiger partial charge in [-0.05, 0) is 11.1 Å². The molecular weight excluding hydrogens is 286 g/mol. The molecule has 0 N–H and O–H groups in total. The van der Waals surface area contributed by atoms with Crippen LogP contribution in [0, 0.1) is 5.41 Å². The summed E-state index contributed by atoms with van der Waals surface area (Å²) >= 11 is 0. The number of benzene rings is 2. The van der Waals surface area contributed by atoms with Crippen LogP contribution in [0.5, 0.6) is 0 Å². The monoisotopic (exact) mass is 309 g/mol. The first-order valence-electron chi connectivity index (χ1n) is 8.05. The minimum absolute atomic E-state index is 0.109. The molecule has 0 bridgehead atoms. The third-order valence-electron chi connectivity index (χ3n) is 4.37. The van der Waals surface area contributed by atoms with Gasteiger partial charge in [-0.25, -0.2) is 0 Å². The van der Waals surface area contributed by atoms with Gasteiger partial charge in [0, 0.05) is 18.5 Å². The SMILES string of the molecule is CC1(C)COC(=O)C1N(Cc1ccccc1)Cc1ccccc1. The van der Waals surface area contributed by atoms with E-state index in [0.29, 0.717) is 6.61 Å². The van der Waals surface area contributed by atoms with Crippen molar-refractivity contribution in [3.63, 3.8) is 0 Å². The highest BCUT2D eigenvalue weighted by Gasteiger charge is 2.46. The molecule has 1 aliphatic heterocycles. The summed E-state index contributed by atoms with van der Waals surface area (Å²) in [6.45, 7) is 6.16. The molecule has 0 aliphatic carbocycles. The molecule has 3 rings (SSSR count). The lowest BCUT2D eigenvalue weighted by molar-refractivity contribution is -0.142. The molecule has 0 saturated carbocycles. The Bertz CT molecular complexity index is 610. The zero-order valence-electron chi connectivity index (χ0n) is 13.7. The largest absolute Gasteiger partial charge is 0.464 e. The maximum Gasteiger partial charge on any atom is 0.324 e. The van der Waals surface area contributed by atoms with Gasteiger partial charge in [0.2, 0.25) is 0 Å². The van der Waals surface area contributed by atoms with Gasteiger partial charge in [0.15, 0.2) is 0 Å². The van der Waals surface area contributed by atoms with Gasteiger partial charge in [-0.1, -0.05) is 74.5 Å². The first kappa shape index (κ1) is 15.8. The molecule has 1 unspecified atom stereocenters. The van der Waals surface area contributed by atoms with Gasteiger partial charge in [-0.2, -0.15) is 0 Å². The minimum atomic E-state index is -0.220. The Labute approximate surface area is 137 Å². The number of hydrogen-bond acceptors (Lipinski definition) is 3. The summed E-state index contributed by atoms with van der Waals surface area (Å²) in [5, 5.41) is 0. The van der Waals surface area contributed by atoms with Gasteiger partial charge in [0.05, 0.1) is 6.61 Å². The summed E-state index contributed by atoms with van der Waals surface area (Å²) in [7, 11) is 0. The second-order valence-corrected chi connectivity index (χ2v) is 6.88. The lowest BCUT2D eigenvalue weighted by atomic mass is 9.86. The van der Waals surface area contributed by atoms with Crippen LogP contribution < -0.4 is 0 Å². The van der Waals surface area contributed by atoms with Gasteiger partial charge in [0.25, 0.3) is 0 Å². The van der Waals surface area contributed by atoms with Crippen molar-refractivity contribution in [2.45, 2.75) is 33.0 Å². The van der Waals surface area contributed by atoms with Gasteiger partial charge >= 0.3 is 5.97 Å². The number of hydrogen-bond donors (Lipinski definition) is 0. The van der Waals surface area contributed by atoms with E-state index in [2.05, 4.69) is 43.0 Å². The van der Waals surface area contributed by atoms with E-state index < -0.39 is 0 Å². The minimum Gasteiger partial charge on any atom is -0.464 e. The summed E-state index contributed by atoms with van der Waals surface area (Å²) in [5.74, 6) is -0.109. The molecule has 1 aliphatic rings. The zero-order valence-corrected chi connectivity index (χ0v) is 13.7. The predicted molar refractivity (Wildman–Crippen MR) is 90.7 cm³/mol. The molecule has 0 amide bonds. The molecule has 2 aromatic carbocycles. The van der Waals surface area contributed by atoms with Gasteiger partial charge in [0.1, 0.15) is 6.04 Å². The van der Waals surface area contributed by atoms with Crippen LogP contribution in [0.2, 0.25) is 0 Å². The van der Waals surface area contributed by atoms with Crippen LogP contribution >= 0.6 is 0 Å². The Morgan fingerprint density at radius 1 is 0.957 bits per heavy atom. The normalized spacial score (nSPS) is 19.8. The fourth-order valence-electron chi connectivity index (χ4n) is 3.25. The van der Waals surface area contributed by atoms with Crippen LogP contribution in [-0.2, 0) is 22.6 Å². The summed E-state index contributed by atoms with van der Waals surface area (Å²) < 4.78 is 5.36. The highest BCUT2D eigenvalue weighted by atomic mass is 16.5. The van der Waals surface area contributed by atoms with E-state index in [1.54, 1.807) is 0 Å². The molecule has 2 aromatic rings. The third kappa shape index (κ3) is 3.62. The highest BCUT2D eigenvalue weighted by Crippen LogP contribution is 2.34. The first-order valence-corrected chi connectivity index (χ1v) is 8.05. The Kier molecular flexibility index (Phi) is 4.49. The average Bonchev–Trinajstić information content (AvgIpc) is 2.82. The number of carbonyl (C=O) groups excluding carboxylic acids is 1. The highest BCUT2D eigenvalue weighted by molar-refractivity contribution is 5.79. The lowest BCUT2D eigenvalue weighted by Gasteiger charge is -2.33. The Morgan fingerprint density at radius 3 is 1.83 bits per heavy atom. The van der Waals surface area contributed by atoms with Crippen molar-refractivity contribution in [2.75, 3.05) is 6.61 Å². The van der Waals surface area contributed by atoms with Crippen LogP contribution in [-0.4, -0.2) is 23.5 Å². The molecular formula is C20H23NO2. The lowest BCUT2D eigenvalue weighted by Crippen LogP contribution is -2.45. The van der Waals surface area contributed by atoms with Crippen molar-refractivity contribution >= 4 is 5.97 Å². The van der Waals surface area contributed by atoms with E-state index in [1.807, 2.05) is 36.4 Å². The molecule has 0 aromatic heterocycles. The van der Waals surface area contributed by atoms with Crippen molar-refractivity contribution in [3.05, 3.63) is 71.8 Å². The topological polar surface area (TPSA) is 29.5 Å². The molecule has 120 valence electrons. The van der Waals surface area contributed by atoms with Crippen LogP contribution in [0.4, 0.5) is 0 Å². The molecule has 1 atom stereocenters. The van der Waals surface area contributed by atoms with E-state index in [-0.39, 0.29) is 17.4 Å². The summed E-state index contributed by atoms with van der Waals surface area (Å²) in [6, 6.07) is 20.4. The Morgan fingerprint density at radius 2 is 1.43 bits per heavy atom. The summed E-state index contributed by atoms with van der Waals surface area (Å²) in [6.07, 6.45) is 0. The van der Waals surface area contributed by atoms with E-state index >= 15 is 0 Å². The molecule has 3 heteroatoms. The van der Waals surface area contributed by atoms with Crippen LogP contribution in [0.15, 0.2) is 60.7 Å². The maximum atomic E-state index is 12.3. The van der Waals surface area contributed by atoms with Gasteiger partial charge < -0.3 is 4.74 Å². The standard InChI is InChI=1S/C20H23NO2/c1-20(2)15-23-19(22)18(20)21(13-16-9-5-3-6-10-16)14-17-11-7-4-8-12-17/h3-12,18H,13-15H2,1-2H3. The molecule has 3 nitrogen and oxygen atoms in total. The van der Waals surface area contributed by atoms with Crippen molar-refractivity contribution in [1.29, 1.82) is 0 Å². The Hall–Kier alpha value is -2.13. The van der Waals surface area contributed by atoms with Gasteiger partial charge in [-0.3, -0.25) is 9.69 Å². The van der Waals surface area contributed by atoms with Crippen molar-refractivity contribution in [1.82, 2.24) is 4.90 Å². The first-order chi connectivity index (χ1) is 11.1. The summed E-state index contributed by atoms with van der Waals surface area (Å²) in [5.41, 5.74) is 2.23. The zero-order chi connectivity index (χ0) is 16.3. The molecule has 0 spiro atoms. The number of rotatable bonds is 5. The van der Waals surface area contributed by atoms with E-state index in [4.69, 9.17) is 4.74 Å². The molecule has 0 radical (unpaired) electrons. The van der Waals surface area contributed by atoms with E-state index in [9.17, 15) is 4.79 Å². The van der Waals surface area contributed by atoms with Crippen molar-refractivity contribution in [3.8, 4) is 0 Å². The molecule has 1 saturated heterocycles. The van der Waals surface area contributed by atoms with Crippen LogP contribution in [0.1, 0.15) is 25.0 Å². The number of cyclic esters (lactones) is 1. The maximum absolute atomic E-state index is 12.3. The average molecular weight is 309 g/mol. The second kappa shape index (κ2) is 6.55. The summed E-state index contributed by atoms with van der Waals surface area (Å²) in [4.78, 5) is 14.6. The quantitative estimate of drug-likeness (QED) is 0.790. The molecule has 1 fully saturated rings. The predicted octanol–water partition coefficient (Wildman–Crippen LogP) is 3.64. The van der Waals surface area contributed by atoms with Crippen LogP contribution in [0.3, 0.4) is 0 Å². The van der Waals surface area contributed by atoms with E-state index in [0.717, 1.165) is 13.1 Å². The van der Waals surface area contributed by atoms with E-state index in [1.165, 1.54) is 11.1 Å². The molecule has 23 heavy (non-hydrogen) atoms. The van der Waals surface area contributed by atoms with Crippen molar-refractivity contribution in [2.24, 2.45) is 5.41 Å².